The molecule has 1 heterocycles. The zero-order valence-corrected chi connectivity index (χ0v) is 14.2. The van der Waals surface area contributed by atoms with E-state index in [0.717, 1.165) is 17.9 Å². The van der Waals surface area contributed by atoms with E-state index in [0.29, 0.717) is 16.9 Å². The van der Waals surface area contributed by atoms with Crippen LogP contribution >= 0.6 is 0 Å². The van der Waals surface area contributed by atoms with E-state index in [4.69, 9.17) is 0 Å². The highest BCUT2D eigenvalue weighted by molar-refractivity contribution is 5.94. The Morgan fingerprint density at radius 2 is 2.09 bits per heavy atom. The first-order chi connectivity index (χ1) is 11.0. The molecule has 1 amide bonds. The van der Waals surface area contributed by atoms with Crippen LogP contribution in [0.5, 0.6) is 0 Å². The van der Waals surface area contributed by atoms with Crippen molar-refractivity contribution in [1.82, 2.24) is 14.9 Å². The Bertz CT molecular complexity index is 685. The summed E-state index contributed by atoms with van der Waals surface area (Å²) in [5.74, 6) is 0.598. The highest BCUT2D eigenvalue weighted by Crippen LogP contribution is 2.42. The second-order valence-corrected chi connectivity index (χ2v) is 7.26. The predicted molar refractivity (Wildman–Crippen MR) is 91.8 cm³/mol. The van der Waals surface area contributed by atoms with Gasteiger partial charge in [0.25, 0.3) is 5.91 Å². The predicted octanol–water partition coefficient (Wildman–Crippen LogP) is 3.74. The highest BCUT2D eigenvalue weighted by atomic mass is 16.1. The molecule has 1 aromatic carbocycles. The van der Waals surface area contributed by atoms with E-state index >= 15 is 0 Å². The van der Waals surface area contributed by atoms with Crippen molar-refractivity contribution in [1.29, 1.82) is 0 Å². The average Bonchev–Trinajstić information content (AvgIpc) is 3.10. The quantitative estimate of drug-likeness (QED) is 0.935. The molecule has 23 heavy (non-hydrogen) atoms. The number of rotatable bonds is 4. The van der Waals surface area contributed by atoms with E-state index < -0.39 is 0 Å². The molecule has 1 atom stereocenters. The van der Waals surface area contributed by atoms with Crippen molar-refractivity contribution >= 4 is 5.91 Å². The Morgan fingerprint density at radius 1 is 1.35 bits per heavy atom. The van der Waals surface area contributed by atoms with Crippen LogP contribution in [-0.2, 0) is 0 Å². The van der Waals surface area contributed by atoms with Gasteiger partial charge in [-0.3, -0.25) is 4.79 Å². The summed E-state index contributed by atoms with van der Waals surface area (Å²) < 4.78 is 1.96. The van der Waals surface area contributed by atoms with E-state index in [9.17, 15) is 4.79 Å². The Balaban J connectivity index is 1.62. The second kappa shape index (κ2) is 6.19. The molecule has 1 fully saturated rings. The molecule has 122 valence electrons. The van der Waals surface area contributed by atoms with Crippen LogP contribution in [0.1, 0.15) is 49.2 Å². The van der Waals surface area contributed by atoms with Gasteiger partial charge >= 0.3 is 0 Å². The fraction of sp³-hybridized carbons (Fsp3) is 0.474. The Kier molecular flexibility index (Phi) is 4.24. The summed E-state index contributed by atoms with van der Waals surface area (Å²) in [5, 5.41) is 3.10. The minimum atomic E-state index is 0.0149. The zero-order valence-electron chi connectivity index (χ0n) is 14.2. The third-order valence-corrected chi connectivity index (χ3v) is 5.13. The summed E-state index contributed by atoms with van der Waals surface area (Å²) in [6.07, 6.45) is 7.50. The molecule has 0 radical (unpaired) electrons. The lowest BCUT2D eigenvalue weighted by molar-refractivity contribution is 0.0937. The van der Waals surface area contributed by atoms with Gasteiger partial charge in [-0.05, 0) is 55.4 Å². The number of imidazole rings is 1. The number of carbonyl (C=O) groups excluding carboxylic acids is 1. The Labute approximate surface area is 137 Å². The van der Waals surface area contributed by atoms with Gasteiger partial charge in [0.05, 0.1) is 12.0 Å². The Hall–Kier alpha value is -2.10. The minimum Gasteiger partial charge on any atom is -0.352 e. The summed E-state index contributed by atoms with van der Waals surface area (Å²) in [4.78, 5) is 16.6. The molecule has 1 aromatic heterocycles. The molecule has 0 aliphatic heterocycles. The van der Waals surface area contributed by atoms with Crippen LogP contribution in [0.15, 0.2) is 36.8 Å². The van der Waals surface area contributed by atoms with Gasteiger partial charge < -0.3 is 9.88 Å². The van der Waals surface area contributed by atoms with E-state index in [1.54, 1.807) is 6.33 Å². The van der Waals surface area contributed by atoms with E-state index in [2.05, 4.69) is 24.1 Å². The molecule has 3 rings (SSSR count). The van der Waals surface area contributed by atoms with Crippen molar-refractivity contribution in [2.45, 2.75) is 40.0 Å². The SMILES string of the molecule is Cc1cn(-c2ccc(C(=O)NCC3CCCC3(C)C)cc2)cn1. The maximum Gasteiger partial charge on any atom is 0.251 e. The number of benzene rings is 1. The topological polar surface area (TPSA) is 46.9 Å². The van der Waals surface area contributed by atoms with Crippen LogP contribution in [0, 0.1) is 18.3 Å². The number of aromatic nitrogens is 2. The maximum absolute atomic E-state index is 12.3. The van der Waals surface area contributed by atoms with Crippen molar-refractivity contribution in [2.75, 3.05) is 6.54 Å². The van der Waals surface area contributed by atoms with Gasteiger partial charge in [0.1, 0.15) is 0 Å². The summed E-state index contributed by atoms with van der Waals surface area (Å²) in [5.41, 5.74) is 3.04. The lowest BCUT2D eigenvalue weighted by Crippen LogP contribution is -2.33. The molecule has 2 aromatic rings. The van der Waals surface area contributed by atoms with Crippen molar-refractivity contribution in [3.63, 3.8) is 0 Å². The van der Waals surface area contributed by atoms with E-state index in [1.165, 1.54) is 19.3 Å². The van der Waals surface area contributed by atoms with Gasteiger partial charge in [0.2, 0.25) is 0 Å². The first-order valence-corrected chi connectivity index (χ1v) is 8.35. The number of amides is 1. The minimum absolute atomic E-state index is 0.0149. The van der Waals surface area contributed by atoms with Gasteiger partial charge in [-0.15, -0.1) is 0 Å². The van der Waals surface area contributed by atoms with Crippen molar-refractivity contribution in [3.8, 4) is 5.69 Å². The zero-order chi connectivity index (χ0) is 16.4. The van der Waals surface area contributed by atoms with Gasteiger partial charge in [-0.25, -0.2) is 4.98 Å². The van der Waals surface area contributed by atoms with Gasteiger partial charge in [-0.2, -0.15) is 0 Å². The summed E-state index contributed by atoms with van der Waals surface area (Å²) >= 11 is 0. The number of carbonyl (C=O) groups is 1. The van der Waals surface area contributed by atoms with Crippen LogP contribution in [-0.4, -0.2) is 22.0 Å². The molecule has 1 aliphatic rings. The first-order valence-electron chi connectivity index (χ1n) is 8.35. The van der Waals surface area contributed by atoms with Crippen LogP contribution in [0.25, 0.3) is 5.69 Å². The molecular weight excluding hydrogens is 286 g/mol. The smallest absolute Gasteiger partial charge is 0.251 e. The monoisotopic (exact) mass is 311 g/mol. The normalized spacial score (nSPS) is 19.7. The number of aryl methyl sites for hydroxylation is 1. The van der Waals surface area contributed by atoms with Gasteiger partial charge in [0, 0.05) is 24.0 Å². The van der Waals surface area contributed by atoms with Crippen LogP contribution in [0.2, 0.25) is 0 Å². The molecule has 4 nitrogen and oxygen atoms in total. The van der Waals surface area contributed by atoms with Crippen LogP contribution < -0.4 is 5.32 Å². The standard InChI is InChI=1S/C19H25N3O/c1-14-12-22(13-21-14)17-8-6-15(7-9-17)18(23)20-11-16-5-4-10-19(16,2)3/h6-9,12-13,16H,4-5,10-11H2,1-3H3,(H,20,23). The van der Waals surface area contributed by atoms with Crippen molar-refractivity contribution < 1.29 is 4.79 Å². The molecule has 0 spiro atoms. The largest absolute Gasteiger partial charge is 0.352 e. The fourth-order valence-corrected chi connectivity index (χ4v) is 3.44. The number of nitrogens with zero attached hydrogens (tertiary/aromatic N) is 2. The molecule has 1 unspecified atom stereocenters. The first kappa shape index (κ1) is 15.8. The summed E-state index contributed by atoms with van der Waals surface area (Å²) in [7, 11) is 0. The molecule has 0 saturated heterocycles. The van der Waals surface area contributed by atoms with Crippen LogP contribution in [0.4, 0.5) is 0 Å². The lowest BCUT2D eigenvalue weighted by Gasteiger charge is -2.27. The highest BCUT2D eigenvalue weighted by Gasteiger charge is 2.34. The van der Waals surface area contributed by atoms with Crippen molar-refractivity contribution in [3.05, 3.63) is 48.0 Å². The van der Waals surface area contributed by atoms with Gasteiger partial charge in [-0.1, -0.05) is 20.3 Å². The molecule has 1 N–H and O–H groups in total. The maximum atomic E-state index is 12.3. The third-order valence-electron chi connectivity index (χ3n) is 5.13. The van der Waals surface area contributed by atoms with E-state index in [1.807, 2.05) is 42.0 Å². The van der Waals surface area contributed by atoms with Crippen LogP contribution in [0.3, 0.4) is 0 Å². The van der Waals surface area contributed by atoms with Crippen molar-refractivity contribution in [2.24, 2.45) is 11.3 Å². The molecule has 1 saturated carbocycles. The summed E-state index contributed by atoms with van der Waals surface area (Å²) in [6, 6.07) is 7.66. The molecule has 4 heteroatoms. The number of nitrogens with one attached hydrogen (secondary N) is 1. The summed E-state index contributed by atoms with van der Waals surface area (Å²) in [6.45, 7) is 7.34. The molecular formula is C19H25N3O. The lowest BCUT2D eigenvalue weighted by atomic mass is 9.82. The Morgan fingerprint density at radius 3 is 2.65 bits per heavy atom. The average molecular weight is 311 g/mol. The second-order valence-electron chi connectivity index (χ2n) is 7.26. The van der Waals surface area contributed by atoms with E-state index in [-0.39, 0.29) is 5.91 Å². The number of hydrogen-bond acceptors (Lipinski definition) is 2. The number of hydrogen-bond donors (Lipinski definition) is 1. The third kappa shape index (κ3) is 3.46. The van der Waals surface area contributed by atoms with Gasteiger partial charge in [0.15, 0.2) is 0 Å². The molecule has 1 aliphatic carbocycles. The molecule has 0 bridgehead atoms. The fourth-order valence-electron chi connectivity index (χ4n) is 3.44.